The zero-order valence-electron chi connectivity index (χ0n) is 24.1. The third-order valence-corrected chi connectivity index (χ3v) is 7.51. The molecule has 2 amide bonds. The maximum Gasteiger partial charge on any atom is 0.274 e. The SMILES string of the molecule is COc1c(NC(=O)c2cnc(C)c(C3(C(=O)NN4CCCCC4)C=NN=N3)c2)cc(C(C)(C)C)cc1NS(C)(=O)=O. The van der Waals surface area contributed by atoms with Gasteiger partial charge in [0.25, 0.3) is 11.8 Å². The van der Waals surface area contributed by atoms with Gasteiger partial charge in [0.2, 0.25) is 15.6 Å². The number of methoxy groups -OCH3 is 1. The lowest BCUT2D eigenvalue weighted by Gasteiger charge is -2.30. The van der Waals surface area contributed by atoms with Crippen LogP contribution in [0.1, 0.15) is 67.2 Å². The minimum absolute atomic E-state index is 0.145. The third kappa shape index (κ3) is 6.70. The maximum absolute atomic E-state index is 13.6. The van der Waals surface area contributed by atoms with Crippen molar-refractivity contribution in [2.24, 2.45) is 15.4 Å². The lowest BCUT2D eigenvalue weighted by atomic mass is 9.86. The molecule has 3 heterocycles. The zero-order valence-corrected chi connectivity index (χ0v) is 24.9. The van der Waals surface area contributed by atoms with Crippen LogP contribution >= 0.6 is 0 Å². The van der Waals surface area contributed by atoms with E-state index in [1.165, 1.54) is 19.5 Å². The number of carbonyl (C=O) groups excluding carboxylic acids is 2. The number of aromatic nitrogens is 1. The number of hydrogen-bond acceptors (Lipinski definition) is 10. The van der Waals surface area contributed by atoms with Gasteiger partial charge in [-0.25, -0.2) is 13.4 Å². The molecule has 1 aromatic heterocycles. The Kier molecular flexibility index (Phi) is 8.45. The second kappa shape index (κ2) is 11.5. The van der Waals surface area contributed by atoms with Crippen molar-refractivity contribution in [1.29, 1.82) is 0 Å². The summed E-state index contributed by atoms with van der Waals surface area (Å²) in [7, 11) is -2.26. The van der Waals surface area contributed by atoms with Crippen molar-refractivity contribution in [2.45, 2.75) is 57.9 Å². The highest BCUT2D eigenvalue weighted by atomic mass is 32.2. The molecular weight excluding hydrogens is 548 g/mol. The summed E-state index contributed by atoms with van der Waals surface area (Å²) in [5.74, 6) is -0.846. The highest BCUT2D eigenvalue weighted by Gasteiger charge is 2.44. The molecule has 0 saturated carbocycles. The molecule has 220 valence electrons. The maximum atomic E-state index is 13.6. The summed E-state index contributed by atoms with van der Waals surface area (Å²) >= 11 is 0. The Labute approximate surface area is 239 Å². The van der Waals surface area contributed by atoms with E-state index in [2.05, 4.69) is 35.9 Å². The van der Waals surface area contributed by atoms with Gasteiger partial charge in [0, 0.05) is 30.5 Å². The van der Waals surface area contributed by atoms with Crippen LogP contribution in [0.15, 0.2) is 39.8 Å². The van der Waals surface area contributed by atoms with Gasteiger partial charge in [-0.2, -0.15) is 0 Å². The van der Waals surface area contributed by atoms with E-state index in [0.717, 1.165) is 44.2 Å². The van der Waals surface area contributed by atoms with Gasteiger partial charge in [-0.05, 0) is 54.2 Å². The lowest BCUT2D eigenvalue weighted by molar-refractivity contribution is -0.129. The molecule has 1 fully saturated rings. The molecule has 2 aliphatic rings. The van der Waals surface area contributed by atoms with Crippen molar-refractivity contribution in [1.82, 2.24) is 15.4 Å². The Hall–Kier alpha value is -3.91. The first-order valence-corrected chi connectivity index (χ1v) is 15.1. The van der Waals surface area contributed by atoms with Gasteiger partial charge in [-0.15, -0.1) is 10.2 Å². The first-order valence-electron chi connectivity index (χ1n) is 13.2. The number of piperidine rings is 1. The highest BCUT2D eigenvalue weighted by Crippen LogP contribution is 2.39. The fraction of sp³-hybridized carbons (Fsp3) is 0.481. The van der Waals surface area contributed by atoms with E-state index in [1.807, 2.05) is 25.8 Å². The van der Waals surface area contributed by atoms with E-state index in [-0.39, 0.29) is 28.1 Å². The molecule has 0 spiro atoms. The Bertz CT molecular complexity index is 1500. The average Bonchev–Trinajstić information content (AvgIpc) is 3.39. The van der Waals surface area contributed by atoms with Gasteiger partial charge in [-0.3, -0.25) is 24.7 Å². The summed E-state index contributed by atoms with van der Waals surface area (Å²) in [6.07, 6.45) is 6.82. The van der Waals surface area contributed by atoms with Crippen molar-refractivity contribution < 1.29 is 22.7 Å². The van der Waals surface area contributed by atoms with Crippen molar-refractivity contribution in [2.75, 3.05) is 36.5 Å². The number of amides is 2. The summed E-state index contributed by atoms with van der Waals surface area (Å²) < 4.78 is 32.1. The molecule has 2 aliphatic heterocycles. The largest absolute Gasteiger partial charge is 0.492 e. The number of nitrogens with one attached hydrogen (secondary N) is 3. The molecule has 0 radical (unpaired) electrons. The molecule has 1 unspecified atom stereocenters. The number of benzene rings is 1. The number of ether oxygens (including phenoxy) is 1. The van der Waals surface area contributed by atoms with Crippen molar-refractivity contribution in [3.8, 4) is 5.75 Å². The number of sulfonamides is 1. The molecule has 0 bridgehead atoms. The van der Waals surface area contributed by atoms with Gasteiger partial charge in [0.05, 0.1) is 36.5 Å². The van der Waals surface area contributed by atoms with Crippen LogP contribution in [0.4, 0.5) is 11.4 Å². The zero-order chi connectivity index (χ0) is 30.0. The van der Waals surface area contributed by atoms with E-state index in [0.29, 0.717) is 11.3 Å². The molecule has 2 aromatic rings. The van der Waals surface area contributed by atoms with Crippen molar-refractivity contribution >= 4 is 39.4 Å². The molecule has 1 aromatic carbocycles. The molecule has 13 nitrogen and oxygen atoms in total. The van der Waals surface area contributed by atoms with Gasteiger partial charge < -0.3 is 10.1 Å². The Morgan fingerprint density at radius 3 is 2.34 bits per heavy atom. The van der Waals surface area contributed by atoms with E-state index in [4.69, 9.17) is 4.74 Å². The van der Waals surface area contributed by atoms with Crippen LogP contribution in [0.5, 0.6) is 5.75 Å². The molecule has 0 aliphatic carbocycles. The normalized spacial score (nSPS) is 19.2. The molecule has 14 heteroatoms. The van der Waals surface area contributed by atoms with Crippen LogP contribution in [0.2, 0.25) is 0 Å². The van der Waals surface area contributed by atoms with Gasteiger partial charge in [-0.1, -0.05) is 27.2 Å². The number of pyridine rings is 1. The van der Waals surface area contributed by atoms with E-state index in [9.17, 15) is 18.0 Å². The fourth-order valence-corrected chi connectivity index (χ4v) is 5.25. The monoisotopic (exact) mass is 584 g/mol. The Balaban J connectivity index is 1.70. The van der Waals surface area contributed by atoms with Crippen molar-refractivity contribution in [3.05, 3.63) is 46.8 Å². The molecule has 4 rings (SSSR count). The number of aryl methyl sites for hydroxylation is 1. The smallest absolute Gasteiger partial charge is 0.274 e. The summed E-state index contributed by atoms with van der Waals surface area (Å²) in [4.78, 5) is 31.5. The van der Waals surface area contributed by atoms with Crippen LogP contribution in [-0.2, 0) is 25.8 Å². The topological polar surface area (TPSA) is 167 Å². The summed E-state index contributed by atoms with van der Waals surface area (Å²) in [6, 6.07) is 4.95. The highest BCUT2D eigenvalue weighted by molar-refractivity contribution is 7.92. The van der Waals surface area contributed by atoms with E-state index < -0.39 is 27.4 Å². The van der Waals surface area contributed by atoms with Crippen molar-refractivity contribution in [3.63, 3.8) is 0 Å². The summed E-state index contributed by atoms with van der Waals surface area (Å²) in [6.45, 7) is 9.06. The predicted molar refractivity (Wildman–Crippen MR) is 156 cm³/mol. The Morgan fingerprint density at radius 1 is 1.07 bits per heavy atom. The first kappa shape index (κ1) is 30.1. The average molecular weight is 585 g/mol. The molecular formula is C27H36N8O5S. The molecule has 1 atom stereocenters. The number of nitrogens with zero attached hydrogens (tertiary/aromatic N) is 5. The minimum atomic E-state index is -3.64. The van der Waals surface area contributed by atoms with Gasteiger partial charge in [0.15, 0.2) is 5.75 Å². The second-order valence-electron chi connectivity index (χ2n) is 11.2. The lowest BCUT2D eigenvalue weighted by Crippen LogP contribution is -2.53. The Morgan fingerprint density at radius 2 is 1.76 bits per heavy atom. The predicted octanol–water partition coefficient (Wildman–Crippen LogP) is 3.48. The fourth-order valence-electron chi connectivity index (χ4n) is 4.70. The number of carbonyl (C=O) groups is 2. The van der Waals surface area contributed by atoms with Crippen LogP contribution < -0.4 is 20.2 Å². The van der Waals surface area contributed by atoms with Crippen LogP contribution in [0.3, 0.4) is 0 Å². The van der Waals surface area contributed by atoms with E-state index in [1.54, 1.807) is 25.1 Å². The van der Waals surface area contributed by atoms with Crippen LogP contribution in [0, 0.1) is 6.92 Å². The number of anilines is 2. The second-order valence-corrected chi connectivity index (χ2v) is 13.0. The van der Waals surface area contributed by atoms with Crippen LogP contribution in [0.25, 0.3) is 0 Å². The molecule has 41 heavy (non-hydrogen) atoms. The van der Waals surface area contributed by atoms with E-state index >= 15 is 0 Å². The summed E-state index contributed by atoms with van der Waals surface area (Å²) in [5, 5.41) is 16.4. The molecule has 1 saturated heterocycles. The van der Waals surface area contributed by atoms with Gasteiger partial charge in [0.1, 0.15) is 0 Å². The number of hydrazine groups is 1. The first-order chi connectivity index (χ1) is 19.2. The quantitative estimate of drug-likeness (QED) is 0.427. The third-order valence-electron chi connectivity index (χ3n) is 6.92. The van der Waals surface area contributed by atoms with Gasteiger partial charge >= 0.3 is 0 Å². The standard InChI is InChI=1S/C27H36N8O5S/c1-17-20(27(16-29-34-33-27)25(37)31-35-10-8-7-9-11-35)12-18(15-28-17)24(36)30-21-13-19(26(2,3)4)14-22(23(21)40-5)32-41(6,38)39/h12-16,32H,7-11H2,1-6H3,(H,30,36)(H,31,37). The minimum Gasteiger partial charge on any atom is -0.492 e. The summed E-state index contributed by atoms with van der Waals surface area (Å²) in [5.41, 5.74) is 3.17. The number of rotatable bonds is 8. The van der Waals surface area contributed by atoms with Crippen LogP contribution in [-0.4, -0.2) is 62.9 Å². The molecule has 3 N–H and O–H groups in total. The number of hydrogen-bond donors (Lipinski definition) is 3.